The van der Waals surface area contributed by atoms with Crippen LogP contribution in [0.15, 0.2) is 45.6 Å². The first-order chi connectivity index (χ1) is 9.28. The normalized spacial score (nSPS) is 10.8. The second kappa shape index (κ2) is 5.28. The molecule has 3 aromatic rings. The van der Waals surface area contributed by atoms with Crippen molar-refractivity contribution in [3.63, 3.8) is 0 Å². The second-order valence-corrected chi connectivity index (χ2v) is 5.98. The zero-order valence-electron chi connectivity index (χ0n) is 9.54. The van der Waals surface area contributed by atoms with Crippen LogP contribution in [0.25, 0.3) is 10.2 Å². The Bertz CT molecular complexity index is 757. The number of hydrogen-bond donors (Lipinski definition) is 0. The van der Waals surface area contributed by atoms with Crippen LogP contribution in [-0.2, 0) is 0 Å². The first-order valence-electron chi connectivity index (χ1n) is 5.41. The first kappa shape index (κ1) is 12.6. The van der Waals surface area contributed by atoms with E-state index in [1.165, 1.54) is 11.8 Å². The van der Waals surface area contributed by atoms with Gasteiger partial charge in [0.15, 0.2) is 6.29 Å². The Morgan fingerprint density at radius 1 is 1.21 bits per heavy atom. The minimum atomic E-state index is 0.219. The van der Waals surface area contributed by atoms with Crippen LogP contribution in [0.3, 0.4) is 0 Å². The van der Waals surface area contributed by atoms with Gasteiger partial charge in [-0.3, -0.25) is 4.79 Å². The summed E-state index contributed by atoms with van der Waals surface area (Å²) in [6.07, 6.45) is 0.844. The molecule has 6 heteroatoms. The molecule has 2 heterocycles. The van der Waals surface area contributed by atoms with Crippen LogP contribution in [0.4, 0.5) is 0 Å². The molecule has 0 N–H and O–H groups in total. The summed E-state index contributed by atoms with van der Waals surface area (Å²) in [7, 11) is 0. The van der Waals surface area contributed by atoms with Crippen LogP contribution < -0.4 is 0 Å². The summed E-state index contributed by atoms with van der Waals surface area (Å²) in [5.74, 6) is 0. The number of rotatable bonds is 3. The van der Waals surface area contributed by atoms with E-state index >= 15 is 0 Å². The maximum atomic E-state index is 11.0. The molecule has 0 saturated carbocycles. The lowest BCUT2D eigenvalue weighted by Gasteiger charge is -2.04. The number of aldehydes is 1. The number of thiophene rings is 1. The molecule has 0 unspecified atom stereocenters. The van der Waals surface area contributed by atoms with Gasteiger partial charge >= 0.3 is 0 Å². The largest absolute Gasteiger partial charge is 0.298 e. The van der Waals surface area contributed by atoms with E-state index in [1.807, 2.05) is 29.6 Å². The van der Waals surface area contributed by atoms with Crippen molar-refractivity contribution in [2.45, 2.75) is 9.92 Å². The lowest BCUT2D eigenvalue weighted by atomic mass is 10.2. The molecule has 3 rings (SSSR count). The molecule has 3 nitrogen and oxygen atoms in total. The summed E-state index contributed by atoms with van der Waals surface area (Å²) in [5, 5.41) is 2.95. The maximum absolute atomic E-state index is 11.0. The number of aromatic nitrogens is 2. The van der Waals surface area contributed by atoms with E-state index in [9.17, 15) is 4.79 Å². The van der Waals surface area contributed by atoms with E-state index in [0.717, 1.165) is 26.4 Å². The molecule has 0 amide bonds. The Morgan fingerprint density at radius 3 is 2.89 bits per heavy atom. The van der Waals surface area contributed by atoms with E-state index in [2.05, 4.69) is 9.97 Å². The SMILES string of the molecule is O=Cc1ccccc1Sc1nc(Cl)nc2ccsc12. The molecule has 0 aliphatic heterocycles. The summed E-state index contributed by atoms with van der Waals surface area (Å²) < 4.78 is 0.982. The third-order valence-corrected chi connectivity index (χ3v) is 4.79. The zero-order valence-corrected chi connectivity index (χ0v) is 11.9. The van der Waals surface area contributed by atoms with Crippen molar-refractivity contribution in [2.24, 2.45) is 0 Å². The molecule has 1 aromatic carbocycles. The molecule has 0 bridgehead atoms. The van der Waals surface area contributed by atoms with Crippen molar-refractivity contribution in [3.05, 3.63) is 46.6 Å². The highest BCUT2D eigenvalue weighted by atomic mass is 35.5. The fourth-order valence-electron chi connectivity index (χ4n) is 1.65. The first-order valence-corrected chi connectivity index (χ1v) is 7.48. The quantitative estimate of drug-likeness (QED) is 0.411. The topological polar surface area (TPSA) is 42.9 Å². The van der Waals surface area contributed by atoms with Gasteiger partial charge in [0.2, 0.25) is 5.28 Å². The standard InChI is InChI=1S/C13H7ClN2OS2/c14-13-15-9-5-6-18-11(9)12(16-13)19-10-4-2-1-3-8(10)7-17/h1-7H. The van der Waals surface area contributed by atoms with Crippen molar-refractivity contribution in [1.29, 1.82) is 0 Å². The smallest absolute Gasteiger partial charge is 0.224 e. The monoisotopic (exact) mass is 306 g/mol. The molecule has 0 saturated heterocycles. The average molecular weight is 307 g/mol. The zero-order chi connectivity index (χ0) is 13.2. The minimum absolute atomic E-state index is 0.219. The summed E-state index contributed by atoms with van der Waals surface area (Å²) in [6, 6.07) is 9.31. The molecule has 0 aliphatic carbocycles. The van der Waals surface area contributed by atoms with Gasteiger partial charge in [0.05, 0.1) is 10.2 Å². The van der Waals surface area contributed by atoms with Gasteiger partial charge < -0.3 is 0 Å². The highest BCUT2D eigenvalue weighted by Crippen LogP contribution is 2.35. The number of hydrogen-bond acceptors (Lipinski definition) is 5. The number of carbonyl (C=O) groups is 1. The number of halogens is 1. The fraction of sp³-hybridized carbons (Fsp3) is 0. The Balaban J connectivity index is 2.10. The fourth-order valence-corrected chi connectivity index (χ4v) is 3.78. The Kier molecular flexibility index (Phi) is 3.50. The van der Waals surface area contributed by atoms with Gasteiger partial charge in [-0.15, -0.1) is 11.3 Å². The molecular formula is C13H7ClN2OS2. The number of fused-ring (bicyclic) bond motifs is 1. The van der Waals surface area contributed by atoms with Gasteiger partial charge in [0.25, 0.3) is 0 Å². The van der Waals surface area contributed by atoms with Crippen molar-refractivity contribution in [2.75, 3.05) is 0 Å². The molecule has 94 valence electrons. The molecule has 0 spiro atoms. The summed E-state index contributed by atoms with van der Waals surface area (Å²) in [5.41, 5.74) is 1.48. The van der Waals surface area contributed by atoms with Crippen LogP contribution in [0.2, 0.25) is 5.28 Å². The van der Waals surface area contributed by atoms with E-state index in [1.54, 1.807) is 17.4 Å². The van der Waals surface area contributed by atoms with Gasteiger partial charge in [-0.05, 0) is 29.1 Å². The molecule has 2 aromatic heterocycles. The third-order valence-electron chi connectivity index (χ3n) is 2.50. The highest BCUT2D eigenvalue weighted by Gasteiger charge is 2.11. The van der Waals surface area contributed by atoms with Crippen molar-refractivity contribution < 1.29 is 4.79 Å². The van der Waals surface area contributed by atoms with Crippen LogP contribution in [0.1, 0.15) is 10.4 Å². The van der Waals surface area contributed by atoms with Crippen molar-refractivity contribution >= 4 is 51.2 Å². The van der Waals surface area contributed by atoms with E-state index in [-0.39, 0.29) is 5.28 Å². The van der Waals surface area contributed by atoms with Crippen LogP contribution >= 0.6 is 34.7 Å². The predicted molar refractivity (Wildman–Crippen MR) is 78.4 cm³/mol. The van der Waals surface area contributed by atoms with Crippen molar-refractivity contribution in [3.8, 4) is 0 Å². The van der Waals surface area contributed by atoms with Gasteiger partial charge in [0, 0.05) is 10.5 Å². The maximum Gasteiger partial charge on any atom is 0.224 e. The van der Waals surface area contributed by atoms with Gasteiger partial charge in [-0.1, -0.05) is 30.0 Å². The van der Waals surface area contributed by atoms with E-state index < -0.39 is 0 Å². The molecular weight excluding hydrogens is 300 g/mol. The minimum Gasteiger partial charge on any atom is -0.298 e. The lowest BCUT2D eigenvalue weighted by Crippen LogP contribution is -1.88. The van der Waals surface area contributed by atoms with Gasteiger partial charge in [-0.25, -0.2) is 9.97 Å². The lowest BCUT2D eigenvalue weighted by molar-refractivity contribution is 0.112. The summed E-state index contributed by atoms with van der Waals surface area (Å²) >= 11 is 8.91. The van der Waals surface area contributed by atoms with Crippen LogP contribution in [0.5, 0.6) is 0 Å². The Hall–Kier alpha value is -1.43. The third kappa shape index (κ3) is 2.49. The Labute approximate surface area is 122 Å². The average Bonchev–Trinajstić information content (AvgIpc) is 2.87. The number of carbonyl (C=O) groups excluding carboxylic acids is 1. The van der Waals surface area contributed by atoms with Crippen LogP contribution in [0, 0.1) is 0 Å². The predicted octanol–water partition coefficient (Wildman–Crippen LogP) is 4.31. The molecule has 0 aliphatic rings. The number of nitrogens with zero attached hydrogens (tertiary/aromatic N) is 2. The summed E-state index contributed by atoms with van der Waals surface area (Å²) in [6.45, 7) is 0. The van der Waals surface area contributed by atoms with Crippen molar-refractivity contribution in [1.82, 2.24) is 9.97 Å². The molecule has 0 radical (unpaired) electrons. The second-order valence-electron chi connectivity index (χ2n) is 3.69. The summed E-state index contributed by atoms with van der Waals surface area (Å²) in [4.78, 5) is 20.3. The van der Waals surface area contributed by atoms with Gasteiger partial charge in [-0.2, -0.15) is 0 Å². The highest BCUT2D eigenvalue weighted by molar-refractivity contribution is 7.99. The van der Waals surface area contributed by atoms with E-state index in [0.29, 0.717) is 5.56 Å². The number of benzene rings is 1. The Morgan fingerprint density at radius 2 is 2.05 bits per heavy atom. The molecule has 0 atom stereocenters. The molecule has 0 fully saturated rings. The van der Waals surface area contributed by atoms with E-state index in [4.69, 9.17) is 11.6 Å². The van der Waals surface area contributed by atoms with Gasteiger partial charge in [0.1, 0.15) is 5.03 Å². The molecule has 19 heavy (non-hydrogen) atoms. The van der Waals surface area contributed by atoms with Crippen LogP contribution in [-0.4, -0.2) is 16.3 Å².